The number of hydrogen-bond acceptors (Lipinski definition) is 6. The van der Waals surface area contributed by atoms with Gasteiger partial charge in [-0.05, 0) is 41.5 Å². The molecular weight excluding hydrogens is 466 g/mol. The number of ether oxygens (including phenoxy) is 1. The molecule has 2 amide bonds. The van der Waals surface area contributed by atoms with Gasteiger partial charge in [0.25, 0.3) is 5.91 Å². The van der Waals surface area contributed by atoms with Crippen molar-refractivity contribution in [2.45, 2.75) is 38.1 Å². The lowest BCUT2D eigenvalue weighted by atomic mass is 9.98. The normalized spacial score (nSPS) is 15.1. The molecule has 1 atom stereocenters. The molecule has 1 fully saturated rings. The highest BCUT2D eigenvalue weighted by Gasteiger charge is 2.32. The quantitative estimate of drug-likeness (QED) is 0.417. The summed E-state index contributed by atoms with van der Waals surface area (Å²) in [4.78, 5) is 41.2. The van der Waals surface area contributed by atoms with Crippen molar-refractivity contribution in [3.05, 3.63) is 70.2 Å². The van der Waals surface area contributed by atoms with Gasteiger partial charge in [-0.25, -0.2) is 14.6 Å². The lowest BCUT2D eigenvalue weighted by Crippen LogP contribution is -2.41. The summed E-state index contributed by atoms with van der Waals surface area (Å²) in [5, 5.41) is 14.8. The molecule has 35 heavy (non-hydrogen) atoms. The lowest BCUT2D eigenvalue weighted by Gasteiger charge is -2.14. The first-order chi connectivity index (χ1) is 16.9. The number of aromatic nitrogens is 1. The van der Waals surface area contributed by atoms with Crippen molar-refractivity contribution in [1.29, 1.82) is 0 Å². The number of benzene rings is 2. The van der Waals surface area contributed by atoms with Gasteiger partial charge in [-0.3, -0.25) is 10.1 Å². The summed E-state index contributed by atoms with van der Waals surface area (Å²) in [5.74, 6) is -1.27. The van der Waals surface area contributed by atoms with Crippen molar-refractivity contribution in [1.82, 2.24) is 10.3 Å². The summed E-state index contributed by atoms with van der Waals surface area (Å²) in [7, 11) is 0. The Kier molecular flexibility index (Phi) is 6.25. The van der Waals surface area contributed by atoms with E-state index in [2.05, 4.69) is 27.8 Å². The van der Waals surface area contributed by atoms with Crippen molar-refractivity contribution in [2.75, 3.05) is 11.9 Å². The molecule has 180 valence electrons. The van der Waals surface area contributed by atoms with Crippen LogP contribution in [0.2, 0.25) is 0 Å². The molecule has 0 aliphatic heterocycles. The highest BCUT2D eigenvalue weighted by Crippen LogP contribution is 2.44. The van der Waals surface area contributed by atoms with E-state index in [9.17, 15) is 19.5 Å². The van der Waals surface area contributed by atoms with Crippen LogP contribution >= 0.6 is 11.3 Å². The Labute approximate surface area is 206 Å². The number of carbonyl (C=O) groups is 3. The second kappa shape index (κ2) is 9.50. The number of aryl methyl sites for hydroxylation is 1. The van der Waals surface area contributed by atoms with Gasteiger partial charge in [-0.2, -0.15) is 0 Å². The van der Waals surface area contributed by atoms with E-state index in [1.165, 1.54) is 0 Å². The molecule has 0 saturated heterocycles. The van der Waals surface area contributed by atoms with E-state index in [1.807, 2.05) is 36.4 Å². The minimum Gasteiger partial charge on any atom is -0.480 e. The molecule has 9 heteroatoms. The summed E-state index contributed by atoms with van der Waals surface area (Å²) < 4.78 is 5.54. The molecule has 0 radical (unpaired) electrons. The third kappa shape index (κ3) is 4.90. The van der Waals surface area contributed by atoms with Crippen LogP contribution in [-0.4, -0.2) is 40.7 Å². The number of carboxylic acids is 1. The van der Waals surface area contributed by atoms with Gasteiger partial charge in [0.15, 0.2) is 5.13 Å². The third-order valence-electron chi connectivity index (χ3n) is 6.42. The molecule has 2 aromatic carbocycles. The lowest BCUT2D eigenvalue weighted by molar-refractivity contribution is -0.139. The van der Waals surface area contributed by atoms with Crippen molar-refractivity contribution in [3.63, 3.8) is 0 Å². The highest BCUT2D eigenvalue weighted by molar-refractivity contribution is 7.17. The molecule has 3 N–H and O–H groups in total. The van der Waals surface area contributed by atoms with Gasteiger partial charge < -0.3 is 15.2 Å². The minimum absolute atomic E-state index is 0.0630. The van der Waals surface area contributed by atoms with E-state index in [1.54, 1.807) is 6.92 Å². The topological polar surface area (TPSA) is 118 Å². The van der Waals surface area contributed by atoms with E-state index in [0.29, 0.717) is 18.0 Å². The number of aliphatic carboxylic acids is 1. The van der Waals surface area contributed by atoms with Crippen LogP contribution in [0.5, 0.6) is 0 Å². The molecule has 0 bridgehead atoms. The Morgan fingerprint density at radius 1 is 1.09 bits per heavy atom. The standard InChI is InChI=1S/C26H25N3O5S/c1-14-22(23(30)28-21(24(31)32)12-15-10-11-15)35-25(27-14)29-26(33)34-13-20-18-8-4-2-6-16(18)17-7-3-5-9-19(17)20/h2-9,15,20-21H,10-13H2,1H3,(H,28,30)(H,31,32)(H,27,29,33). The summed E-state index contributed by atoms with van der Waals surface area (Å²) in [6.45, 7) is 1.81. The zero-order valence-corrected chi connectivity index (χ0v) is 19.9. The third-order valence-corrected chi connectivity index (χ3v) is 7.50. The number of nitrogens with one attached hydrogen (secondary N) is 2. The maximum absolute atomic E-state index is 12.7. The summed E-state index contributed by atoms with van der Waals surface area (Å²) >= 11 is 0.991. The van der Waals surface area contributed by atoms with Crippen LogP contribution < -0.4 is 10.6 Å². The number of hydrogen-bond donors (Lipinski definition) is 3. The number of rotatable bonds is 8. The van der Waals surface area contributed by atoms with Gasteiger partial charge in [0, 0.05) is 5.92 Å². The van der Waals surface area contributed by atoms with Gasteiger partial charge in [0.1, 0.15) is 17.5 Å². The van der Waals surface area contributed by atoms with E-state index in [-0.39, 0.29) is 22.5 Å². The van der Waals surface area contributed by atoms with Crippen LogP contribution in [-0.2, 0) is 9.53 Å². The largest absolute Gasteiger partial charge is 0.480 e. The number of carbonyl (C=O) groups excluding carboxylic acids is 2. The Morgan fingerprint density at radius 3 is 2.31 bits per heavy atom. The van der Waals surface area contributed by atoms with Crippen LogP contribution in [0.3, 0.4) is 0 Å². The summed E-state index contributed by atoms with van der Waals surface area (Å²) in [6, 6.07) is 15.2. The Hall–Kier alpha value is -3.72. The Bertz CT molecular complexity index is 1250. The molecule has 2 aliphatic rings. The first kappa shape index (κ1) is 23.0. The van der Waals surface area contributed by atoms with E-state index in [0.717, 1.165) is 46.4 Å². The van der Waals surface area contributed by atoms with Gasteiger partial charge in [-0.15, -0.1) is 0 Å². The average Bonchev–Trinajstić information content (AvgIpc) is 3.50. The number of fused-ring (bicyclic) bond motifs is 3. The smallest absolute Gasteiger partial charge is 0.413 e. The number of amides is 2. The van der Waals surface area contributed by atoms with Crippen LogP contribution in [0.1, 0.15) is 51.7 Å². The van der Waals surface area contributed by atoms with Crippen molar-refractivity contribution < 1.29 is 24.2 Å². The van der Waals surface area contributed by atoms with Crippen LogP contribution in [0, 0.1) is 12.8 Å². The summed E-state index contributed by atoms with van der Waals surface area (Å²) in [6.07, 6.45) is 1.75. The Morgan fingerprint density at radius 2 is 1.71 bits per heavy atom. The van der Waals surface area contributed by atoms with Gasteiger partial charge in [0.05, 0.1) is 5.69 Å². The fourth-order valence-corrected chi connectivity index (χ4v) is 5.37. The van der Waals surface area contributed by atoms with Gasteiger partial charge in [-0.1, -0.05) is 72.7 Å². The second-order valence-corrected chi connectivity index (χ2v) is 9.93. The first-order valence-electron chi connectivity index (χ1n) is 11.5. The molecule has 1 aromatic heterocycles. The molecule has 5 rings (SSSR count). The minimum atomic E-state index is -1.05. The predicted molar refractivity (Wildman–Crippen MR) is 132 cm³/mol. The predicted octanol–water partition coefficient (Wildman–Crippen LogP) is 4.80. The highest BCUT2D eigenvalue weighted by atomic mass is 32.1. The fourth-order valence-electron chi connectivity index (χ4n) is 4.51. The average molecular weight is 492 g/mol. The summed E-state index contributed by atoms with van der Waals surface area (Å²) in [5.41, 5.74) is 4.93. The van der Waals surface area contributed by atoms with Gasteiger partial charge in [0.2, 0.25) is 0 Å². The maximum Gasteiger partial charge on any atom is 0.413 e. The number of anilines is 1. The van der Waals surface area contributed by atoms with Gasteiger partial charge >= 0.3 is 12.1 Å². The Balaban J connectivity index is 1.21. The SMILES string of the molecule is Cc1nc(NC(=O)OCC2c3ccccc3-c3ccccc32)sc1C(=O)NC(CC1CC1)C(=O)O. The van der Waals surface area contributed by atoms with E-state index in [4.69, 9.17) is 4.74 Å². The molecule has 8 nitrogen and oxygen atoms in total. The van der Waals surface area contributed by atoms with E-state index < -0.39 is 24.0 Å². The fraction of sp³-hybridized carbons (Fsp3) is 0.308. The van der Waals surface area contributed by atoms with Crippen molar-refractivity contribution >= 4 is 34.4 Å². The molecule has 1 saturated carbocycles. The van der Waals surface area contributed by atoms with Crippen LogP contribution in [0.4, 0.5) is 9.93 Å². The van der Waals surface area contributed by atoms with E-state index >= 15 is 0 Å². The first-order valence-corrected chi connectivity index (χ1v) is 12.4. The molecule has 1 heterocycles. The molecule has 3 aromatic rings. The molecular formula is C26H25N3O5S. The molecule has 0 spiro atoms. The maximum atomic E-state index is 12.7. The zero-order valence-electron chi connectivity index (χ0n) is 19.1. The monoisotopic (exact) mass is 491 g/mol. The van der Waals surface area contributed by atoms with Crippen LogP contribution in [0.25, 0.3) is 11.1 Å². The second-order valence-electron chi connectivity index (χ2n) is 8.93. The molecule has 2 aliphatic carbocycles. The van der Waals surface area contributed by atoms with Crippen LogP contribution in [0.15, 0.2) is 48.5 Å². The number of thiazole rings is 1. The number of nitrogens with zero attached hydrogens (tertiary/aromatic N) is 1. The zero-order chi connectivity index (χ0) is 24.5. The molecule has 1 unspecified atom stereocenters. The van der Waals surface area contributed by atoms with Crippen molar-refractivity contribution in [2.24, 2.45) is 5.92 Å². The van der Waals surface area contributed by atoms with Crippen molar-refractivity contribution in [3.8, 4) is 11.1 Å². The number of carboxylic acid groups (broad SMARTS) is 1.